The van der Waals surface area contributed by atoms with Crippen molar-refractivity contribution in [3.8, 4) is 0 Å². The highest BCUT2D eigenvalue weighted by molar-refractivity contribution is 4.73. The van der Waals surface area contributed by atoms with Gasteiger partial charge in [0.2, 0.25) is 0 Å². The van der Waals surface area contributed by atoms with Gasteiger partial charge in [-0.3, -0.25) is 0 Å². The Morgan fingerprint density at radius 3 is 1.11 bits per heavy atom. The summed E-state index contributed by atoms with van der Waals surface area (Å²) in [7, 11) is 0. The van der Waals surface area contributed by atoms with E-state index in [1.165, 1.54) is 142 Å². The molecule has 38 heavy (non-hydrogen) atoms. The zero-order valence-corrected chi connectivity index (χ0v) is 27.6. The number of unbranched alkanes of at least 4 members (excludes halogenated alkanes) is 6. The van der Waals surface area contributed by atoms with Gasteiger partial charge >= 0.3 is 0 Å². The van der Waals surface area contributed by atoms with E-state index < -0.39 is 0 Å². The fourth-order valence-electron chi connectivity index (χ4n) is 5.32. The molecule has 0 bridgehead atoms. The van der Waals surface area contributed by atoms with Crippen molar-refractivity contribution in [1.82, 2.24) is 20.4 Å². The van der Waals surface area contributed by atoms with E-state index in [0.29, 0.717) is 6.17 Å². The highest BCUT2D eigenvalue weighted by Crippen LogP contribution is 2.13. The molecular weight excluding hydrogens is 468 g/mol. The summed E-state index contributed by atoms with van der Waals surface area (Å²) < 4.78 is 0. The van der Waals surface area contributed by atoms with Crippen molar-refractivity contribution >= 4 is 0 Å². The summed E-state index contributed by atoms with van der Waals surface area (Å²) >= 11 is 0. The van der Waals surface area contributed by atoms with Crippen LogP contribution in [0, 0.1) is 11.8 Å². The largest absolute Gasteiger partial charge is 0.303 e. The van der Waals surface area contributed by atoms with Crippen LogP contribution in [0.3, 0.4) is 0 Å². The van der Waals surface area contributed by atoms with Crippen molar-refractivity contribution in [3.63, 3.8) is 0 Å². The molecule has 2 unspecified atom stereocenters. The van der Waals surface area contributed by atoms with Gasteiger partial charge in [-0.2, -0.15) is 0 Å². The quantitative estimate of drug-likeness (QED) is 0.0702. The summed E-state index contributed by atoms with van der Waals surface area (Å²) in [6.07, 6.45) is 21.6. The van der Waals surface area contributed by atoms with Crippen molar-refractivity contribution in [2.45, 2.75) is 157 Å². The number of nitrogens with zero attached hydrogens (tertiary/aromatic N) is 2. The monoisotopic (exact) mass is 543 g/mol. The molecule has 0 amide bonds. The molecule has 0 aromatic heterocycles. The molecule has 230 valence electrons. The predicted octanol–water partition coefficient (Wildman–Crippen LogP) is 8.71. The average molecular weight is 543 g/mol. The lowest BCUT2D eigenvalue weighted by Gasteiger charge is -2.29. The van der Waals surface area contributed by atoms with Crippen LogP contribution < -0.4 is 10.6 Å². The molecule has 2 N–H and O–H groups in total. The second-order valence-corrected chi connectivity index (χ2v) is 12.1. The third-order valence-corrected chi connectivity index (χ3v) is 8.58. The normalized spacial score (nSPS) is 14.4. The first-order chi connectivity index (χ1) is 18.6. The molecule has 0 fully saturated rings. The van der Waals surface area contributed by atoms with E-state index in [2.05, 4.69) is 68.9 Å². The summed E-state index contributed by atoms with van der Waals surface area (Å²) in [5.74, 6) is 1.56. The first kappa shape index (κ1) is 37.8. The Balaban J connectivity index is 4.77. The minimum Gasteiger partial charge on any atom is -0.303 e. The summed E-state index contributed by atoms with van der Waals surface area (Å²) in [5.41, 5.74) is 0. The smallest absolute Gasteiger partial charge is 0.0571 e. The zero-order valence-electron chi connectivity index (χ0n) is 27.6. The molecule has 0 saturated heterocycles. The Morgan fingerprint density at radius 1 is 0.421 bits per heavy atom. The van der Waals surface area contributed by atoms with E-state index in [-0.39, 0.29) is 0 Å². The first-order valence-corrected chi connectivity index (χ1v) is 17.5. The number of hydrogen-bond donors (Lipinski definition) is 2. The fourth-order valence-corrected chi connectivity index (χ4v) is 5.32. The van der Waals surface area contributed by atoms with Crippen LogP contribution in [-0.2, 0) is 0 Å². The Morgan fingerprint density at radius 2 is 0.789 bits per heavy atom. The maximum atomic E-state index is 4.00. The minimum atomic E-state index is 0.470. The van der Waals surface area contributed by atoms with E-state index in [1.807, 2.05) is 0 Å². The lowest BCUT2D eigenvalue weighted by atomic mass is 10.0. The Hall–Kier alpha value is -0.160. The summed E-state index contributed by atoms with van der Waals surface area (Å²) in [5, 5.41) is 8.00. The molecule has 0 aromatic carbocycles. The van der Waals surface area contributed by atoms with Gasteiger partial charge in [-0.15, -0.1) is 0 Å². The predicted molar refractivity (Wildman–Crippen MR) is 173 cm³/mol. The molecule has 4 nitrogen and oxygen atoms in total. The molecule has 0 radical (unpaired) electrons. The van der Waals surface area contributed by atoms with Gasteiger partial charge in [-0.25, -0.2) is 0 Å². The van der Waals surface area contributed by atoms with E-state index in [0.717, 1.165) is 24.9 Å². The van der Waals surface area contributed by atoms with Gasteiger partial charge < -0.3 is 20.4 Å². The van der Waals surface area contributed by atoms with Crippen molar-refractivity contribution in [2.24, 2.45) is 11.8 Å². The van der Waals surface area contributed by atoms with Crippen LogP contribution in [0.2, 0.25) is 0 Å². The fraction of sp³-hybridized carbons (Fsp3) is 1.00. The molecule has 0 spiro atoms. The van der Waals surface area contributed by atoms with Gasteiger partial charge in [0.1, 0.15) is 0 Å². The maximum Gasteiger partial charge on any atom is 0.0571 e. The molecule has 0 saturated carbocycles. The van der Waals surface area contributed by atoms with Crippen molar-refractivity contribution in [1.29, 1.82) is 0 Å². The van der Waals surface area contributed by atoms with Gasteiger partial charge in [0.15, 0.2) is 0 Å². The van der Waals surface area contributed by atoms with E-state index in [9.17, 15) is 0 Å². The van der Waals surface area contributed by atoms with Gasteiger partial charge in [-0.05, 0) is 109 Å². The van der Waals surface area contributed by atoms with Crippen LogP contribution in [0.25, 0.3) is 0 Å². The average Bonchev–Trinajstić information content (AvgIpc) is 2.94. The van der Waals surface area contributed by atoms with Gasteiger partial charge in [-0.1, -0.05) is 106 Å². The van der Waals surface area contributed by atoms with Crippen molar-refractivity contribution < 1.29 is 0 Å². The molecule has 0 rings (SSSR count). The van der Waals surface area contributed by atoms with E-state index in [4.69, 9.17) is 0 Å². The third kappa shape index (κ3) is 21.6. The Kier molecular flexibility index (Phi) is 28.3. The van der Waals surface area contributed by atoms with Crippen LogP contribution in [0.1, 0.15) is 151 Å². The topological polar surface area (TPSA) is 30.5 Å². The van der Waals surface area contributed by atoms with Crippen molar-refractivity contribution in [3.05, 3.63) is 0 Å². The molecular formula is C34H74N4. The van der Waals surface area contributed by atoms with Gasteiger partial charge in [0.25, 0.3) is 0 Å². The van der Waals surface area contributed by atoms with Crippen LogP contribution in [0.15, 0.2) is 0 Å². The highest BCUT2D eigenvalue weighted by Gasteiger charge is 2.16. The lowest BCUT2D eigenvalue weighted by molar-refractivity contribution is 0.229. The Bertz CT molecular complexity index is 406. The molecule has 0 aliphatic heterocycles. The maximum absolute atomic E-state index is 4.00. The molecule has 4 heteroatoms. The third-order valence-electron chi connectivity index (χ3n) is 8.58. The summed E-state index contributed by atoms with van der Waals surface area (Å²) in [6, 6.07) is 0. The molecule has 0 heterocycles. The summed E-state index contributed by atoms with van der Waals surface area (Å²) in [6.45, 7) is 26.4. The number of nitrogens with one attached hydrogen (secondary N) is 2. The second-order valence-electron chi connectivity index (χ2n) is 12.1. The van der Waals surface area contributed by atoms with Gasteiger partial charge in [0, 0.05) is 0 Å². The molecule has 0 aromatic rings. The Labute approximate surface area is 241 Å². The van der Waals surface area contributed by atoms with Crippen LogP contribution in [0.5, 0.6) is 0 Å². The SMILES string of the molecule is CCCCCC(NCC(CC)CC[16N](CCCC)CCCC)NCC(CC)CC[16N](CCCC)CCCC. The standard InChI is InChI=1S/C34H74N4/c1-8-15-20-21-34(35-30-32(13-6)22-28-37(24-16-9-2)25-17-10-3)36-31-33(14-7)23-29-38(26-18-11-4)27-19-12-5/h32-36H,8-31H2,1-7H3/i37+2,38+2. The van der Waals surface area contributed by atoms with Crippen LogP contribution >= 0.6 is 0 Å². The first-order valence-electron chi connectivity index (χ1n) is 17.5. The van der Waals surface area contributed by atoms with Crippen LogP contribution in [0.4, 0.5) is 0 Å². The van der Waals surface area contributed by atoms with E-state index >= 15 is 0 Å². The number of rotatable bonds is 30. The molecule has 2 atom stereocenters. The summed E-state index contributed by atoms with van der Waals surface area (Å²) in [4.78, 5) is 5.48. The number of hydrogen-bond acceptors (Lipinski definition) is 4. The molecule has 0 aliphatic rings. The lowest BCUT2D eigenvalue weighted by Crippen LogP contribution is -2.46. The van der Waals surface area contributed by atoms with E-state index in [1.54, 1.807) is 0 Å². The minimum absolute atomic E-state index is 0.470. The van der Waals surface area contributed by atoms with Gasteiger partial charge in [0.05, 0.1) is 6.17 Å². The van der Waals surface area contributed by atoms with Crippen LogP contribution in [-0.4, -0.2) is 68.3 Å². The second kappa shape index (κ2) is 28.4. The van der Waals surface area contributed by atoms with Crippen molar-refractivity contribution in [2.75, 3.05) is 52.4 Å². The molecule has 0 aliphatic carbocycles. The zero-order chi connectivity index (χ0) is 28.3. The highest BCUT2D eigenvalue weighted by atomic mass is 16.7.